The minimum atomic E-state index is -0.325. The molecule has 0 spiro atoms. The Morgan fingerprint density at radius 2 is 1.51 bits per heavy atom. The lowest BCUT2D eigenvalue weighted by atomic mass is 10.1. The number of nitrogens with zero attached hydrogens (tertiary/aromatic N) is 5. The summed E-state index contributed by atoms with van der Waals surface area (Å²) in [7, 11) is 0. The van der Waals surface area contributed by atoms with Gasteiger partial charge in [0.2, 0.25) is 0 Å². The van der Waals surface area contributed by atoms with Crippen LogP contribution in [0.1, 0.15) is 10.4 Å². The molecule has 39 heavy (non-hydrogen) atoms. The lowest BCUT2D eigenvalue weighted by molar-refractivity contribution is 0.0303. The van der Waals surface area contributed by atoms with Gasteiger partial charge in [-0.25, -0.2) is 9.67 Å². The number of fused-ring (bicyclic) bond motifs is 1. The number of halogens is 3. The Kier molecular flexibility index (Phi) is 6.86. The Labute approximate surface area is 237 Å². The van der Waals surface area contributed by atoms with Gasteiger partial charge in [0.05, 0.1) is 35.8 Å². The van der Waals surface area contributed by atoms with Gasteiger partial charge in [0, 0.05) is 34.3 Å². The quantitative estimate of drug-likeness (QED) is 0.274. The van der Waals surface area contributed by atoms with Crippen molar-refractivity contribution >= 4 is 51.7 Å². The van der Waals surface area contributed by atoms with Crippen LogP contribution in [0.25, 0.3) is 33.8 Å². The van der Waals surface area contributed by atoms with Gasteiger partial charge >= 0.3 is 0 Å². The second kappa shape index (κ2) is 10.5. The first-order valence-corrected chi connectivity index (χ1v) is 13.2. The molecule has 1 aliphatic rings. The van der Waals surface area contributed by atoms with Crippen molar-refractivity contribution in [2.24, 2.45) is 0 Å². The van der Waals surface area contributed by atoms with Gasteiger partial charge in [-0.1, -0.05) is 34.8 Å². The van der Waals surface area contributed by atoms with Crippen molar-refractivity contribution in [1.82, 2.24) is 24.2 Å². The molecule has 5 aromatic rings. The fourth-order valence-electron chi connectivity index (χ4n) is 4.53. The molecule has 0 N–H and O–H groups in total. The maximum atomic E-state index is 13.9. The van der Waals surface area contributed by atoms with Crippen LogP contribution in [-0.2, 0) is 4.74 Å². The number of hydrogen-bond acceptors (Lipinski definition) is 5. The van der Waals surface area contributed by atoms with E-state index in [2.05, 4.69) is 5.10 Å². The lowest BCUT2D eigenvalue weighted by Gasteiger charge is -2.26. The van der Waals surface area contributed by atoms with Gasteiger partial charge in [-0.05, 0) is 66.7 Å². The van der Waals surface area contributed by atoms with Crippen molar-refractivity contribution in [3.63, 3.8) is 0 Å². The number of ether oxygens (including phenoxy) is 1. The molecule has 0 saturated carbocycles. The number of benzene rings is 3. The summed E-state index contributed by atoms with van der Waals surface area (Å²) in [6, 6.07) is 18.9. The van der Waals surface area contributed by atoms with Gasteiger partial charge in [0.15, 0.2) is 11.5 Å². The van der Waals surface area contributed by atoms with Crippen molar-refractivity contribution in [3.05, 3.63) is 104 Å². The molecular weight excluding hydrogens is 561 g/mol. The third kappa shape index (κ3) is 4.81. The fourth-order valence-corrected chi connectivity index (χ4v) is 5.15. The van der Waals surface area contributed by atoms with E-state index in [1.807, 2.05) is 0 Å². The van der Waals surface area contributed by atoms with Gasteiger partial charge in [0.25, 0.3) is 11.5 Å². The Morgan fingerprint density at radius 1 is 0.846 bits per heavy atom. The monoisotopic (exact) mass is 579 g/mol. The average Bonchev–Trinajstić information content (AvgIpc) is 3.38. The van der Waals surface area contributed by atoms with Crippen molar-refractivity contribution < 1.29 is 9.53 Å². The van der Waals surface area contributed by atoms with Crippen molar-refractivity contribution in [2.45, 2.75) is 0 Å². The molecule has 0 aliphatic carbocycles. The third-order valence-corrected chi connectivity index (χ3v) is 7.31. The average molecular weight is 581 g/mol. The summed E-state index contributed by atoms with van der Waals surface area (Å²) in [5, 5.41) is 6.12. The summed E-state index contributed by atoms with van der Waals surface area (Å²) in [5.41, 5.74) is 2.32. The third-order valence-electron chi connectivity index (χ3n) is 6.51. The van der Waals surface area contributed by atoms with Crippen LogP contribution in [0.3, 0.4) is 0 Å². The standard InChI is InChI=1S/C28H20Cl3N5O3/c29-18-3-8-20(9-4-18)35-25(22-10-5-19(30)15-24(22)31)33-26-23(28(35)38)16-32-36(26)21-6-1-17(2-7-21)27(37)34-11-13-39-14-12-34/h1-10,15-16H,11-14H2. The van der Waals surface area contributed by atoms with E-state index < -0.39 is 0 Å². The highest BCUT2D eigenvalue weighted by Gasteiger charge is 2.22. The second-order valence-corrected chi connectivity index (χ2v) is 10.2. The molecular formula is C28H20Cl3N5O3. The predicted octanol–water partition coefficient (Wildman–Crippen LogP) is 5.67. The molecule has 8 nitrogen and oxygen atoms in total. The molecule has 1 amide bonds. The van der Waals surface area contributed by atoms with E-state index in [1.54, 1.807) is 76.3 Å². The van der Waals surface area contributed by atoms with Gasteiger partial charge in [0.1, 0.15) is 5.39 Å². The minimum Gasteiger partial charge on any atom is -0.378 e. The first-order chi connectivity index (χ1) is 18.9. The molecule has 0 radical (unpaired) electrons. The van der Waals surface area contributed by atoms with Crippen molar-refractivity contribution in [2.75, 3.05) is 26.3 Å². The zero-order valence-corrected chi connectivity index (χ0v) is 22.6. The van der Waals surface area contributed by atoms with E-state index in [-0.39, 0.29) is 11.5 Å². The van der Waals surface area contributed by atoms with Crippen LogP contribution in [0.15, 0.2) is 77.7 Å². The maximum Gasteiger partial charge on any atom is 0.269 e. The summed E-state index contributed by atoms with van der Waals surface area (Å²) in [5.74, 6) is 0.260. The Bertz CT molecular complexity index is 1760. The smallest absolute Gasteiger partial charge is 0.269 e. The van der Waals surface area contributed by atoms with Gasteiger partial charge in [-0.2, -0.15) is 5.10 Å². The number of morpholine rings is 1. The highest BCUT2D eigenvalue weighted by molar-refractivity contribution is 6.36. The molecule has 1 fully saturated rings. The summed E-state index contributed by atoms with van der Waals surface area (Å²) >= 11 is 18.8. The molecule has 11 heteroatoms. The van der Waals surface area contributed by atoms with Gasteiger partial charge < -0.3 is 9.64 Å². The van der Waals surface area contributed by atoms with E-state index in [0.29, 0.717) is 80.7 Å². The zero-order valence-electron chi connectivity index (χ0n) is 20.4. The van der Waals surface area contributed by atoms with Crippen LogP contribution < -0.4 is 5.56 Å². The van der Waals surface area contributed by atoms with E-state index in [4.69, 9.17) is 44.5 Å². The predicted molar refractivity (Wildman–Crippen MR) is 152 cm³/mol. The largest absolute Gasteiger partial charge is 0.378 e. The summed E-state index contributed by atoms with van der Waals surface area (Å²) < 4.78 is 8.39. The van der Waals surface area contributed by atoms with Crippen molar-refractivity contribution in [3.8, 4) is 22.8 Å². The van der Waals surface area contributed by atoms with Crippen LogP contribution in [0.5, 0.6) is 0 Å². The number of hydrogen-bond donors (Lipinski definition) is 0. The van der Waals surface area contributed by atoms with Gasteiger partial charge in [-0.3, -0.25) is 14.2 Å². The van der Waals surface area contributed by atoms with Crippen molar-refractivity contribution in [1.29, 1.82) is 0 Å². The molecule has 2 aromatic heterocycles. The molecule has 3 heterocycles. The Hall–Kier alpha value is -3.69. The number of aromatic nitrogens is 4. The molecule has 1 aliphatic heterocycles. The Balaban J connectivity index is 1.49. The highest BCUT2D eigenvalue weighted by atomic mass is 35.5. The molecule has 0 bridgehead atoms. The minimum absolute atomic E-state index is 0.0567. The second-order valence-electron chi connectivity index (χ2n) is 8.92. The van der Waals surface area contributed by atoms with Crippen LogP contribution in [0.4, 0.5) is 0 Å². The van der Waals surface area contributed by atoms with Gasteiger partial charge in [-0.15, -0.1) is 0 Å². The molecule has 1 saturated heterocycles. The number of carbonyl (C=O) groups is 1. The summed E-state index contributed by atoms with van der Waals surface area (Å²) in [4.78, 5) is 33.4. The molecule has 6 rings (SSSR count). The van der Waals surface area contributed by atoms with Crippen LogP contribution in [0.2, 0.25) is 15.1 Å². The first-order valence-electron chi connectivity index (χ1n) is 12.1. The molecule has 0 atom stereocenters. The van der Waals surface area contributed by atoms with Crippen LogP contribution >= 0.6 is 34.8 Å². The first kappa shape index (κ1) is 25.6. The number of carbonyl (C=O) groups excluding carboxylic acids is 1. The SMILES string of the molecule is O=C(c1ccc(-n2ncc3c(=O)n(-c4ccc(Cl)cc4)c(-c4ccc(Cl)cc4Cl)nc32)cc1)N1CCOCC1. The van der Waals surface area contributed by atoms with Crippen LogP contribution in [-0.4, -0.2) is 56.4 Å². The molecule has 196 valence electrons. The zero-order chi connectivity index (χ0) is 27.1. The normalized spacial score (nSPS) is 13.7. The lowest BCUT2D eigenvalue weighted by Crippen LogP contribution is -2.40. The number of rotatable bonds is 4. The number of amides is 1. The highest BCUT2D eigenvalue weighted by Crippen LogP contribution is 2.31. The van der Waals surface area contributed by atoms with E-state index in [9.17, 15) is 9.59 Å². The summed E-state index contributed by atoms with van der Waals surface area (Å²) in [6.07, 6.45) is 1.48. The van der Waals surface area contributed by atoms with Crippen LogP contribution in [0, 0.1) is 0 Å². The summed E-state index contributed by atoms with van der Waals surface area (Å²) in [6.45, 7) is 2.18. The Morgan fingerprint density at radius 3 is 2.21 bits per heavy atom. The maximum absolute atomic E-state index is 13.9. The van der Waals surface area contributed by atoms with E-state index >= 15 is 0 Å². The molecule has 3 aromatic carbocycles. The fraction of sp³-hybridized carbons (Fsp3) is 0.143. The molecule has 0 unspecified atom stereocenters. The topological polar surface area (TPSA) is 82.2 Å². The van der Waals surface area contributed by atoms with E-state index in [0.717, 1.165) is 0 Å². The van der Waals surface area contributed by atoms with E-state index in [1.165, 1.54) is 10.8 Å².